The van der Waals surface area contributed by atoms with Crippen LogP contribution in [0.1, 0.15) is 59.7 Å². The number of aromatic nitrogens is 1. The van der Waals surface area contributed by atoms with Crippen LogP contribution in [0.4, 0.5) is 5.69 Å². The first-order chi connectivity index (χ1) is 21.7. The molecule has 0 saturated heterocycles. The Kier molecular flexibility index (Phi) is 9.79. The molecule has 45 heavy (non-hydrogen) atoms. The fourth-order valence-electron chi connectivity index (χ4n) is 5.52. The normalized spacial score (nSPS) is 11.1. The number of fused-ring (bicyclic) bond motifs is 1. The third-order valence-corrected chi connectivity index (χ3v) is 7.68. The van der Waals surface area contributed by atoms with Gasteiger partial charge in [-0.15, -0.1) is 0 Å². The van der Waals surface area contributed by atoms with Crippen LogP contribution in [0.25, 0.3) is 22.0 Å². The van der Waals surface area contributed by atoms with Gasteiger partial charge < -0.3 is 24.1 Å². The molecule has 0 aliphatic heterocycles. The molecule has 0 aliphatic rings. The molecule has 0 saturated carbocycles. The lowest BCUT2D eigenvalue weighted by Gasteiger charge is -2.17. The summed E-state index contributed by atoms with van der Waals surface area (Å²) >= 11 is 6.33. The zero-order valence-electron chi connectivity index (χ0n) is 26.1. The fraction of sp³-hybridized carbons (Fsp3) is 0.243. The minimum absolute atomic E-state index is 0.0487. The van der Waals surface area contributed by atoms with E-state index in [2.05, 4.69) is 5.32 Å². The lowest BCUT2D eigenvalue weighted by Crippen LogP contribution is -2.16. The van der Waals surface area contributed by atoms with Gasteiger partial charge in [0.05, 0.1) is 36.6 Å². The predicted octanol–water partition coefficient (Wildman–Crippen LogP) is 8.80. The number of ether oxygens (including phenoxy) is 3. The van der Waals surface area contributed by atoms with Gasteiger partial charge in [0.15, 0.2) is 5.78 Å². The van der Waals surface area contributed by atoms with Crippen LogP contribution in [-0.4, -0.2) is 36.1 Å². The van der Waals surface area contributed by atoms with E-state index in [0.717, 1.165) is 45.0 Å². The molecule has 0 spiro atoms. The smallest absolute Gasteiger partial charge is 0.355 e. The van der Waals surface area contributed by atoms with Crippen LogP contribution in [0.5, 0.6) is 11.5 Å². The molecule has 1 heterocycles. The lowest BCUT2D eigenvalue weighted by molar-refractivity contribution is 0.0511. The summed E-state index contributed by atoms with van der Waals surface area (Å²) in [6.45, 7) is 8.17. The minimum atomic E-state index is -0.557. The van der Waals surface area contributed by atoms with Crippen LogP contribution in [0, 0.1) is 0 Å². The molecular weight excluding hydrogens is 588 g/mol. The van der Waals surface area contributed by atoms with Crippen LogP contribution >= 0.6 is 11.6 Å². The quantitative estimate of drug-likeness (QED) is 0.110. The van der Waals surface area contributed by atoms with Crippen LogP contribution in [0.3, 0.4) is 0 Å². The van der Waals surface area contributed by atoms with Crippen molar-refractivity contribution in [3.63, 3.8) is 0 Å². The Bertz CT molecular complexity index is 1830. The maximum Gasteiger partial charge on any atom is 0.355 e. The number of methoxy groups -OCH3 is 1. The summed E-state index contributed by atoms with van der Waals surface area (Å²) in [4.78, 5) is 27.1. The van der Waals surface area contributed by atoms with Gasteiger partial charge in [0.2, 0.25) is 0 Å². The molecule has 1 aromatic heterocycles. The highest BCUT2D eigenvalue weighted by atomic mass is 35.5. The molecule has 0 bridgehead atoms. The monoisotopic (exact) mass is 624 g/mol. The topological polar surface area (TPSA) is 78.8 Å². The Hall–Kier alpha value is -4.75. The van der Waals surface area contributed by atoms with E-state index in [1.54, 1.807) is 20.1 Å². The number of anilines is 1. The second-order valence-electron chi connectivity index (χ2n) is 11.0. The predicted molar refractivity (Wildman–Crippen MR) is 180 cm³/mol. The average Bonchev–Trinajstić information content (AvgIpc) is 3.35. The first-order valence-electron chi connectivity index (χ1n) is 15.0. The summed E-state index contributed by atoms with van der Waals surface area (Å²) in [6.07, 6.45) is 0.0487. The first kappa shape index (κ1) is 31.7. The first-order valence-corrected chi connectivity index (χ1v) is 15.3. The van der Waals surface area contributed by atoms with Gasteiger partial charge in [-0.05, 0) is 86.8 Å². The number of carbonyl (C=O) groups excluding carboxylic acids is 2. The van der Waals surface area contributed by atoms with Gasteiger partial charge in [-0.25, -0.2) is 4.79 Å². The molecule has 5 aromatic rings. The SMILES string of the molecule is CCOC(=O)c1c(C(C)=O)c2c(NCc3ccc(OC)cc3)c(-c3ccc(OC(C)C)cc3)ccc2n1Cc1cccc(Cl)c1. The van der Waals surface area contributed by atoms with Crippen molar-refractivity contribution in [3.8, 4) is 22.6 Å². The number of benzene rings is 4. The third-order valence-electron chi connectivity index (χ3n) is 7.45. The van der Waals surface area contributed by atoms with Gasteiger partial charge in [-0.1, -0.05) is 54.1 Å². The molecule has 0 amide bonds. The number of hydrogen-bond donors (Lipinski definition) is 1. The zero-order chi connectivity index (χ0) is 32.1. The Labute approximate surface area is 268 Å². The van der Waals surface area contributed by atoms with Crippen molar-refractivity contribution in [2.24, 2.45) is 0 Å². The van der Waals surface area contributed by atoms with E-state index in [1.807, 2.05) is 97.3 Å². The van der Waals surface area contributed by atoms with E-state index >= 15 is 0 Å². The Morgan fingerprint density at radius 2 is 1.62 bits per heavy atom. The lowest BCUT2D eigenvalue weighted by atomic mass is 9.97. The van der Waals surface area contributed by atoms with Crippen molar-refractivity contribution in [3.05, 3.63) is 112 Å². The number of ketones is 1. The molecule has 0 fully saturated rings. The maximum absolute atomic E-state index is 13.6. The van der Waals surface area contributed by atoms with Crippen LogP contribution < -0.4 is 14.8 Å². The molecular formula is C37H37ClN2O5. The van der Waals surface area contributed by atoms with Gasteiger partial charge in [0, 0.05) is 29.1 Å². The van der Waals surface area contributed by atoms with Crippen molar-refractivity contribution in [1.82, 2.24) is 4.57 Å². The van der Waals surface area contributed by atoms with E-state index < -0.39 is 5.97 Å². The summed E-state index contributed by atoms with van der Waals surface area (Å²) in [5, 5.41) is 4.86. The molecule has 0 atom stereocenters. The van der Waals surface area contributed by atoms with Crippen molar-refractivity contribution < 1.29 is 23.8 Å². The molecule has 7 nitrogen and oxygen atoms in total. The molecule has 4 aromatic carbocycles. The molecule has 0 radical (unpaired) electrons. The van der Waals surface area contributed by atoms with Crippen molar-refractivity contribution >= 4 is 39.9 Å². The Morgan fingerprint density at radius 1 is 0.911 bits per heavy atom. The van der Waals surface area contributed by atoms with E-state index in [9.17, 15) is 9.59 Å². The summed E-state index contributed by atoms with van der Waals surface area (Å²) in [7, 11) is 1.64. The van der Waals surface area contributed by atoms with Crippen LogP contribution in [0.15, 0.2) is 84.9 Å². The number of nitrogens with one attached hydrogen (secondary N) is 1. The molecule has 0 aliphatic carbocycles. The number of carbonyl (C=O) groups is 2. The largest absolute Gasteiger partial charge is 0.497 e. The number of esters is 1. The van der Waals surface area contributed by atoms with Gasteiger partial charge in [-0.2, -0.15) is 0 Å². The molecule has 1 N–H and O–H groups in total. The highest BCUT2D eigenvalue weighted by molar-refractivity contribution is 6.30. The number of halogens is 1. The number of Topliss-reactive ketones (excluding diaryl/α,β-unsaturated/α-hetero) is 1. The van der Waals surface area contributed by atoms with Gasteiger partial charge in [0.25, 0.3) is 0 Å². The van der Waals surface area contributed by atoms with Crippen molar-refractivity contribution in [2.45, 2.75) is 46.9 Å². The van der Waals surface area contributed by atoms with Gasteiger partial charge in [-0.3, -0.25) is 4.79 Å². The zero-order valence-corrected chi connectivity index (χ0v) is 26.9. The van der Waals surface area contributed by atoms with Crippen LogP contribution in [0.2, 0.25) is 5.02 Å². The number of rotatable bonds is 12. The molecule has 232 valence electrons. The summed E-state index contributed by atoms with van der Waals surface area (Å²) in [5.41, 5.74) is 5.70. The Balaban J connectivity index is 1.75. The van der Waals surface area contributed by atoms with Crippen molar-refractivity contribution in [1.29, 1.82) is 0 Å². The number of nitrogens with zero attached hydrogens (tertiary/aromatic N) is 1. The summed E-state index contributed by atoms with van der Waals surface area (Å²) in [6, 6.07) is 27.1. The maximum atomic E-state index is 13.6. The summed E-state index contributed by atoms with van der Waals surface area (Å²) < 4.78 is 18.6. The highest BCUT2D eigenvalue weighted by Gasteiger charge is 2.29. The number of hydrogen-bond acceptors (Lipinski definition) is 6. The minimum Gasteiger partial charge on any atom is -0.497 e. The second kappa shape index (κ2) is 13.9. The average molecular weight is 625 g/mol. The van der Waals surface area contributed by atoms with E-state index in [-0.39, 0.29) is 24.2 Å². The molecule has 0 unspecified atom stereocenters. The molecule has 5 rings (SSSR count). The summed E-state index contributed by atoms with van der Waals surface area (Å²) in [5.74, 6) is 0.738. The Morgan fingerprint density at radius 3 is 2.24 bits per heavy atom. The standard InChI is InChI=1S/C37H37ClN2O5/c1-6-44-37(42)36-33(24(4)41)34-32(40(36)22-26-8-7-9-28(38)20-26)19-18-31(27-12-16-30(17-13-27)45-23(2)3)35(34)39-21-25-10-14-29(43-5)15-11-25/h7-20,23,39H,6,21-22H2,1-5H3. The third kappa shape index (κ3) is 6.99. The fourth-order valence-corrected chi connectivity index (χ4v) is 5.74. The van der Waals surface area contributed by atoms with Gasteiger partial charge >= 0.3 is 5.97 Å². The van der Waals surface area contributed by atoms with E-state index in [0.29, 0.717) is 29.1 Å². The van der Waals surface area contributed by atoms with E-state index in [4.69, 9.17) is 25.8 Å². The van der Waals surface area contributed by atoms with Crippen LogP contribution in [-0.2, 0) is 17.8 Å². The highest BCUT2D eigenvalue weighted by Crippen LogP contribution is 2.41. The molecule has 8 heteroatoms. The second-order valence-corrected chi connectivity index (χ2v) is 11.4. The van der Waals surface area contributed by atoms with Gasteiger partial charge in [0.1, 0.15) is 17.2 Å². The van der Waals surface area contributed by atoms with E-state index in [1.165, 1.54) is 6.92 Å². The van der Waals surface area contributed by atoms with Crippen molar-refractivity contribution in [2.75, 3.05) is 19.0 Å².